The van der Waals surface area contributed by atoms with Gasteiger partial charge < -0.3 is 18.5 Å². The van der Waals surface area contributed by atoms with Gasteiger partial charge in [-0.15, -0.1) is 0 Å². The van der Waals surface area contributed by atoms with Crippen LogP contribution in [-0.2, 0) is 23.4 Å². The minimum absolute atomic E-state index is 0.0445. The molecule has 2 N–H and O–H groups in total. The van der Waals surface area contributed by atoms with E-state index in [1.807, 2.05) is 20.8 Å². The van der Waals surface area contributed by atoms with E-state index in [1.165, 1.54) is 23.9 Å². The number of nitrogens with zero attached hydrogens (tertiary/aromatic N) is 1. The van der Waals surface area contributed by atoms with Crippen molar-refractivity contribution in [2.24, 2.45) is 5.92 Å². The Labute approximate surface area is 159 Å². The quantitative estimate of drug-likeness (QED) is 0.272. The van der Waals surface area contributed by atoms with Gasteiger partial charge in [-0.1, -0.05) is 6.92 Å². The highest BCUT2D eigenvalue weighted by Crippen LogP contribution is 2.39. The number of nitrogens with one attached hydrogen (secondary N) is 1. The highest BCUT2D eigenvalue weighted by molar-refractivity contribution is 7.47. The van der Waals surface area contributed by atoms with Gasteiger partial charge in [0.05, 0.1) is 25.9 Å². The second kappa shape index (κ2) is 13.1. The van der Waals surface area contributed by atoms with Crippen LogP contribution < -0.4 is 11.2 Å². The molecule has 1 aromatic rings. The summed E-state index contributed by atoms with van der Waals surface area (Å²) in [5.41, 5.74) is -1.06. The minimum atomic E-state index is -1.20. The molecule has 0 radical (unpaired) electrons. The predicted molar refractivity (Wildman–Crippen MR) is 99.6 cm³/mol. The standard InChI is InChI=1S/C16H29N2O8P/c1-5-25-27(26-6-2)11-23-13(12(3)10-24-21)9-15(22-4)18-8-7-14(19)17-16(18)20/h7-8,12-13,15,21H,5-6,9-11H2,1-4H3,(H,17,19,20). The number of ether oxygens (including phenoxy) is 2. The van der Waals surface area contributed by atoms with Crippen molar-refractivity contribution < 1.29 is 28.7 Å². The summed E-state index contributed by atoms with van der Waals surface area (Å²) in [7, 11) is 0.254. The molecule has 11 heteroatoms. The zero-order valence-electron chi connectivity index (χ0n) is 16.1. The highest BCUT2D eigenvalue weighted by atomic mass is 31.2. The van der Waals surface area contributed by atoms with Crippen molar-refractivity contribution in [1.82, 2.24) is 9.55 Å². The number of methoxy groups -OCH3 is 1. The Balaban J connectivity index is 2.90. The van der Waals surface area contributed by atoms with Gasteiger partial charge in [0.25, 0.3) is 5.56 Å². The van der Waals surface area contributed by atoms with Gasteiger partial charge in [-0.3, -0.25) is 19.6 Å². The lowest BCUT2D eigenvalue weighted by Gasteiger charge is -2.29. The fourth-order valence-electron chi connectivity index (χ4n) is 2.42. The topological polar surface area (TPSA) is 121 Å². The van der Waals surface area contributed by atoms with Crippen molar-refractivity contribution in [2.75, 3.05) is 33.3 Å². The molecule has 10 nitrogen and oxygen atoms in total. The van der Waals surface area contributed by atoms with Crippen LogP contribution in [0.4, 0.5) is 0 Å². The number of aromatic nitrogens is 2. The fourth-order valence-corrected chi connectivity index (χ4v) is 3.53. The molecule has 0 aliphatic carbocycles. The van der Waals surface area contributed by atoms with E-state index in [4.69, 9.17) is 23.8 Å². The summed E-state index contributed by atoms with van der Waals surface area (Å²) >= 11 is 0. The zero-order chi connectivity index (χ0) is 20.2. The van der Waals surface area contributed by atoms with Gasteiger partial charge in [0.1, 0.15) is 12.6 Å². The van der Waals surface area contributed by atoms with Gasteiger partial charge in [0, 0.05) is 31.7 Å². The predicted octanol–water partition coefficient (Wildman–Crippen LogP) is 1.93. The normalized spacial score (nSPS) is 15.0. The molecule has 1 aromatic heterocycles. The summed E-state index contributed by atoms with van der Waals surface area (Å²) in [5.74, 6) is -0.203. The maximum absolute atomic E-state index is 12.0. The van der Waals surface area contributed by atoms with Crippen molar-refractivity contribution in [1.29, 1.82) is 0 Å². The molecule has 0 saturated heterocycles. The Morgan fingerprint density at radius 3 is 2.44 bits per heavy atom. The summed E-state index contributed by atoms with van der Waals surface area (Å²) in [4.78, 5) is 29.8. The molecule has 1 rings (SSSR count). The Hall–Kier alpha value is -1.13. The molecular formula is C16H29N2O8P. The summed E-state index contributed by atoms with van der Waals surface area (Å²) in [5, 5.41) is 8.79. The van der Waals surface area contributed by atoms with Crippen molar-refractivity contribution in [3.63, 3.8) is 0 Å². The van der Waals surface area contributed by atoms with E-state index in [0.29, 0.717) is 13.2 Å². The first-order valence-electron chi connectivity index (χ1n) is 8.72. The molecule has 156 valence electrons. The third kappa shape index (κ3) is 8.18. The van der Waals surface area contributed by atoms with Crippen LogP contribution in [0.15, 0.2) is 21.9 Å². The molecule has 0 amide bonds. The van der Waals surface area contributed by atoms with Crippen LogP contribution in [0.25, 0.3) is 0 Å². The Kier molecular flexibility index (Phi) is 11.6. The SMILES string of the molecule is CCOP(COC(CC(OC)n1ccc(=O)[nH]c1=O)C(C)COO)OCC. The monoisotopic (exact) mass is 408 g/mol. The molecule has 0 saturated carbocycles. The number of hydrogen-bond donors (Lipinski definition) is 2. The van der Waals surface area contributed by atoms with Crippen molar-refractivity contribution in [2.45, 2.75) is 39.5 Å². The molecule has 3 unspecified atom stereocenters. The number of hydrogen-bond acceptors (Lipinski definition) is 8. The van der Waals surface area contributed by atoms with Crippen LogP contribution in [0.5, 0.6) is 0 Å². The first-order valence-corrected chi connectivity index (χ1v) is 10.1. The Morgan fingerprint density at radius 2 is 1.93 bits per heavy atom. The van der Waals surface area contributed by atoms with Crippen molar-refractivity contribution in [3.8, 4) is 0 Å². The molecular weight excluding hydrogens is 379 g/mol. The lowest BCUT2D eigenvalue weighted by atomic mass is 10.0. The molecule has 3 atom stereocenters. The lowest BCUT2D eigenvalue weighted by molar-refractivity contribution is -0.256. The molecule has 0 aromatic carbocycles. The molecule has 0 spiro atoms. The first kappa shape index (κ1) is 23.9. The van der Waals surface area contributed by atoms with Crippen LogP contribution >= 0.6 is 8.38 Å². The summed E-state index contributed by atoms with van der Waals surface area (Å²) in [6.45, 7) is 6.63. The van der Waals surface area contributed by atoms with Crippen LogP contribution in [0.2, 0.25) is 0 Å². The first-order chi connectivity index (χ1) is 13.0. The van der Waals surface area contributed by atoms with E-state index in [0.717, 1.165) is 0 Å². The smallest absolute Gasteiger partial charge is 0.330 e. The molecule has 27 heavy (non-hydrogen) atoms. The number of aromatic amines is 1. The molecule has 0 aliphatic heterocycles. The van der Waals surface area contributed by atoms with Gasteiger partial charge in [0.2, 0.25) is 0 Å². The lowest BCUT2D eigenvalue weighted by Crippen LogP contribution is -2.36. The van der Waals surface area contributed by atoms with E-state index >= 15 is 0 Å². The molecule has 0 fully saturated rings. The average Bonchev–Trinajstić information content (AvgIpc) is 2.63. The van der Waals surface area contributed by atoms with Crippen molar-refractivity contribution >= 4 is 8.38 Å². The molecule has 0 aliphatic rings. The maximum Gasteiger partial charge on any atom is 0.330 e. The van der Waals surface area contributed by atoms with Crippen LogP contribution in [-0.4, -0.2) is 54.2 Å². The van der Waals surface area contributed by atoms with Gasteiger partial charge >= 0.3 is 5.69 Å². The van der Waals surface area contributed by atoms with Gasteiger partial charge in [0.15, 0.2) is 8.38 Å². The largest absolute Gasteiger partial charge is 0.368 e. The van der Waals surface area contributed by atoms with E-state index in [1.54, 1.807) is 0 Å². The highest BCUT2D eigenvalue weighted by Gasteiger charge is 2.26. The van der Waals surface area contributed by atoms with Crippen LogP contribution in [0, 0.1) is 5.92 Å². The van der Waals surface area contributed by atoms with Crippen LogP contribution in [0.1, 0.15) is 33.4 Å². The summed E-state index contributed by atoms with van der Waals surface area (Å²) in [6.07, 6.45) is 0.785. The van der Waals surface area contributed by atoms with Gasteiger partial charge in [-0.2, -0.15) is 0 Å². The van der Waals surface area contributed by atoms with Crippen LogP contribution in [0.3, 0.4) is 0 Å². The second-order valence-corrected chi connectivity index (χ2v) is 7.16. The van der Waals surface area contributed by atoms with Crippen molar-refractivity contribution in [3.05, 3.63) is 33.1 Å². The van der Waals surface area contributed by atoms with Gasteiger partial charge in [-0.25, -0.2) is 9.68 Å². The van der Waals surface area contributed by atoms with E-state index in [-0.39, 0.29) is 25.3 Å². The fraction of sp³-hybridized carbons (Fsp3) is 0.750. The third-order valence-electron chi connectivity index (χ3n) is 3.78. The maximum atomic E-state index is 12.0. The average molecular weight is 408 g/mol. The molecule has 1 heterocycles. The summed E-state index contributed by atoms with van der Waals surface area (Å²) < 4.78 is 23.7. The number of H-pyrrole nitrogens is 1. The Morgan fingerprint density at radius 1 is 1.26 bits per heavy atom. The molecule has 0 bridgehead atoms. The third-order valence-corrected chi connectivity index (χ3v) is 5.23. The van der Waals surface area contributed by atoms with E-state index in [2.05, 4.69) is 9.87 Å². The Bertz CT molecular complexity index is 631. The van der Waals surface area contributed by atoms with E-state index in [9.17, 15) is 9.59 Å². The summed E-state index contributed by atoms with van der Waals surface area (Å²) in [6, 6.07) is 1.24. The zero-order valence-corrected chi connectivity index (χ0v) is 17.0. The number of rotatable bonds is 14. The van der Waals surface area contributed by atoms with E-state index < -0.39 is 32.0 Å². The second-order valence-electron chi connectivity index (χ2n) is 5.72. The minimum Gasteiger partial charge on any atom is -0.368 e. The van der Waals surface area contributed by atoms with Gasteiger partial charge in [-0.05, 0) is 13.8 Å².